The van der Waals surface area contributed by atoms with E-state index in [0.717, 1.165) is 56.4 Å². The van der Waals surface area contributed by atoms with Crippen molar-refractivity contribution in [1.29, 1.82) is 5.26 Å². The lowest BCUT2D eigenvalue weighted by molar-refractivity contribution is -0.125. The van der Waals surface area contributed by atoms with E-state index in [-0.39, 0.29) is 17.9 Å². The maximum Gasteiger partial charge on any atom is 0.223 e. The SMILES string of the molecule is COc1cc(-c2cc(N)nc(-n3ccnc3)c2C#N)cc(N2CCC(NC(=O)C3CCCC3)C2)c1. The van der Waals surface area contributed by atoms with E-state index in [1.807, 2.05) is 18.2 Å². The number of pyridine rings is 1. The number of anilines is 2. The van der Waals surface area contributed by atoms with Gasteiger partial charge in [0.25, 0.3) is 0 Å². The second kappa shape index (κ2) is 9.66. The third-order valence-electron chi connectivity index (χ3n) is 6.94. The number of rotatable bonds is 6. The molecule has 0 spiro atoms. The Morgan fingerprint density at radius 2 is 2.06 bits per heavy atom. The van der Waals surface area contributed by atoms with E-state index in [4.69, 9.17) is 10.5 Å². The van der Waals surface area contributed by atoms with Crippen LogP contribution in [-0.4, -0.2) is 46.7 Å². The molecule has 9 nitrogen and oxygen atoms in total. The summed E-state index contributed by atoms with van der Waals surface area (Å²) in [6, 6.07) is 10.0. The number of nitriles is 1. The molecule has 1 aromatic carbocycles. The number of hydrogen-bond acceptors (Lipinski definition) is 7. The van der Waals surface area contributed by atoms with Crippen LogP contribution in [0.25, 0.3) is 16.9 Å². The van der Waals surface area contributed by atoms with Gasteiger partial charge in [-0.15, -0.1) is 0 Å². The number of ether oxygens (including phenoxy) is 1. The van der Waals surface area contributed by atoms with Gasteiger partial charge in [0.15, 0.2) is 5.82 Å². The standard InChI is InChI=1S/C26H29N7O2/c1-35-21-11-18(22-13-24(28)31-25(23(22)14-27)33-9-7-29-16-33)10-20(12-21)32-8-6-19(15-32)30-26(34)17-4-2-3-5-17/h7,9-13,16-17,19H,2-6,8,15H2,1H3,(H2,28,31)(H,30,34). The second-order valence-corrected chi connectivity index (χ2v) is 9.22. The molecule has 3 heterocycles. The van der Waals surface area contributed by atoms with E-state index in [0.29, 0.717) is 28.5 Å². The van der Waals surface area contributed by atoms with Gasteiger partial charge in [-0.1, -0.05) is 12.8 Å². The Labute approximate surface area is 204 Å². The van der Waals surface area contributed by atoms with Crippen LogP contribution in [0.2, 0.25) is 0 Å². The summed E-state index contributed by atoms with van der Waals surface area (Å²) in [4.78, 5) is 23.3. The van der Waals surface area contributed by atoms with Crippen molar-refractivity contribution in [2.45, 2.75) is 38.1 Å². The van der Waals surface area contributed by atoms with Crippen LogP contribution in [0.5, 0.6) is 5.75 Å². The van der Waals surface area contributed by atoms with Crippen LogP contribution >= 0.6 is 0 Å². The Hall–Kier alpha value is -4.06. The molecule has 2 aliphatic rings. The van der Waals surface area contributed by atoms with Crippen molar-refractivity contribution in [3.05, 3.63) is 48.5 Å². The van der Waals surface area contributed by atoms with Gasteiger partial charge in [0.2, 0.25) is 5.91 Å². The largest absolute Gasteiger partial charge is 0.497 e. The summed E-state index contributed by atoms with van der Waals surface area (Å²) in [5.41, 5.74) is 9.00. The summed E-state index contributed by atoms with van der Waals surface area (Å²) in [7, 11) is 1.63. The Bertz CT molecular complexity index is 1260. The molecule has 2 fully saturated rings. The molecule has 180 valence electrons. The zero-order valence-electron chi connectivity index (χ0n) is 19.8. The Kier molecular flexibility index (Phi) is 6.27. The number of imidazole rings is 1. The molecular formula is C26H29N7O2. The number of nitrogen functional groups attached to an aromatic ring is 1. The molecule has 2 aromatic heterocycles. The highest BCUT2D eigenvalue weighted by molar-refractivity contribution is 5.80. The van der Waals surface area contributed by atoms with E-state index >= 15 is 0 Å². The number of hydrogen-bond donors (Lipinski definition) is 2. The fourth-order valence-electron chi connectivity index (χ4n) is 5.12. The first-order valence-electron chi connectivity index (χ1n) is 12.0. The summed E-state index contributed by atoms with van der Waals surface area (Å²) in [5, 5.41) is 13.3. The molecule has 1 saturated carbocycles. The molecule has 5 rings (SSSR count). The minimum atomic E-state index is 0.122. The molecule has 0 radical (unpaired) electrons. The molecule has 1 saturated heterocycles. The number of nitrogens with two attached hydrogens (primary N) is 1. The van der Waals surface area contributed by atoms with Crippen LogP contribution in [-0.2, 0) is 4.79 Å². The first-order valence-corrected chi connectivity index (χ1v) is 12.0. The maximum atomic E-state index is 12.6. The number of nitrogens with zero attached hydrogens (tertiary/aromatic N) is 5. The second-order valence-electron chi connectivity index (χ2n) is 9.22. The van der Waals surface area contributed by atoms with Crippen LogP contribution in [0.3, 0.4) is 0 Å². The maximum absolute atomic E-state index is 12.6. The molecule has 1 amide bonds. The van der Waals surface area contributed by atoms with Gasteiger partial charge in [0.05, 0.1) is 7.11 Å². The van der Waals surface area contributed by atoms with E-state index in [1.165, 1.54) is 0 Å². The number of nitrogens with one attached hydrogen (secondary N) is 1. The number of carbonyl (C=O) groups is 1. The molecule has 3 N–H and O–H groups in total. The average Bonchev–Trinajstić information content (AvgIpc) is 3.66. The van der Waals surface area contributed by atoms with Gasteiger partial charge in [-0.05, 0) is 43.0 Å². The lowest BCUT2D eigenvalue weighted by Crippen LogP contribution is -2.40. The van der Waals surface area contributed by atoms with Crippen molar-refractivity contribution in [1.82, 2.24) is 19.9 Å². The van der Waals surface area contributed by atoms with Crippen LogP contribution < -0.4 is 20.7 Å². The first kappa shape index (κ1) is 22.7. The number of carbonyl (C=O) groups excluding carboxylic acids is 1. The lowest BCUT2D eigenvalue weighted by atomic mass is 9.99. The quantitative estimate of drug-likeness (QED) is 0.566. The van der Waals surface area contributed by atoms with Crippen molar-refractivity contribution >= 4 is 17.4 Å². The minimum absolute atomic E-state index is 0.122. The van der Waals surface area contributed by atoms with Crippen LogP contribution in [0.15, 0.2) is 43.0 Å². The molecule has 0 bridgehead atoms. The van der Waals surface area contributed by atoms with E-state index in [1.54, 1.807) is 36.5 Å². The van der Waals surface area contributed by atoms with Crippen molar-refractivity contribution in [2.24, 2.45) is 5.92 Å². The summed E-state index contributed by atoms with van der Waals surface area (Å²) in [6.45, 7) is 1.56. The van der Waals surface area contributed by atoms with E-state index in [2.05, 4.69) is 26.3 Å². The summed E-state index contributed by atoms with van der Waals surface area (Å²) < 4.78 is 7.28. The molecule has 1 atom stereocenters. The number of methoxy groups -OCH3 is 1. The average molecular weight is 472 g/mol. The minimum Gasteiger partial charge on any atom is -0.497 e. The van der Waals surface area contributed by atoms with Crippen molar-refractivity contribution in [3.63, 3.8) is 0 Å². The van der Waals surface area contributed by atoms with Gasteiger partial charge in [0.1, 0.15) is 29.5 Å². The predicted octanol–water partition coefficient (Wildman–Crippen LogP) is 3.28. The Morgan fingerprint density at radius 3 is 2.77 bits per heavy atom. The highest BCUT2D eigenvalue weighted by atomic mass is 16.5. The Morgan fingerprint density at radius 1 is 1.23 bits per heavy atom. The summed E-state index contributed by atoms with van der Waals surface area (Å²) >= 11 is 0. The molecule has 3 aromatic rings. The molecule has 35 heavy (non-hydrogen) atoms. The van der Waals surface area contributed by atoms with Gasteiger partial charge >= 0.3 is 0 Å². The third-order valence-corrected chi connectivity index (χ3v) is 6.94. The molecule has 1 aliphatic heterocycles. The fourth-order valence-corrected chi connectivity index (χ4v) is 5.12. The van der Waals surface area contributed by atoms with Crippen molar-refractivity contribution in [2.75, 3.05) is 30.8 Å². The highest BCUT2D eigenvalue weighted by Gasteiger charge is 2.29. The predicted molar refractivity (Wildman–Crippen MR) is 133 cm³/mol. The third kappa shape index (κ3) is 4.64. The van der Waals surface area contributed by atoms with Crippen molar-refractivity contribution in [3.8, 4) is 28.8 Å². The van der Waals surface area contributed by atoms with Crippen molar-refractivity contribution < 1.29 is 9.53 Å². The first-order chi connectivity index (χ1) is 17.1. The van der Waals surface area contributed by atoms with Crippen LogP contribution in [0.1, 0.15) is 37.7 Å². The van der Waals surface area contributed by atoms with Gasteiger partial charge in [-0.25, -0.2) is 9.97 Å². The van der Waals surface area contributed by atoms with E-state index < -0.39 is 0 Å². The number of amides is 1. The molecule has 1 unspecified atom stereocenters. The summed E-state index contributed by atoms with van der Waals surface area (Å²) in [5.74, 6) is 1.78. The van der Waals surface area contributed by atoms with E-state index in [9.17, 15) is 10.1 Å². The van der Waals surface area contributed by atoms with Gasteiger partial charge in [-0.2, -0.15) is 5.26 Å². The molecule has 1 aliphatic carbocycles. The van der Waals surface area contributed by atoms with Crippen LogP contribution in [0.4, 0.5) is 11.5 Å². The number of aromatic nitrogens is 3. The van der Waals surface area contributed by atoms with Gasteiger partial charge in [0, 0.05) is 54.8 Å². The normalized spacial score (nSPS) is 17.9. The van der Waals surface area contributed by atoms with Crippen LogP contribution in [0, 0.1) is 17.2 Å². The zero-order chi connectivity index (χ0) is 24.4. The Balaban J connectivity index is 1.44. The smallest absolute Gasteiger partial charge is 0.223 e. The monoisotopic (exact) mass is 471 g/mol. The highest BCUT2D eigenvalue weighted by Crippen LogP contribution is 2.36. The number of benzene rings is 1. The molecule has 9 heteroatoms. The fraction of sp³-hybridized carbons (Fsp3) is 0.385. The van der Waals surface area contributed by atoms with Gasteiger partial charge < -0.3 is 20.7 Å². The summed E-state index contributed by atoms with van der Waals surface area (Å²) in [6.07, 6.45) is 10.1. The topological polar surface area (TPSA) is 122 Å². The molecular weight excluding hydrogens is 442 g/mol. The van der Waals surface area contributed by atoms with Gasteiger partial charge in [-0.3, -0.25) is 9.36 Å². The lowest BCUT2D eigenvalue weighted by Gasteiger charge is -2.22. The zero-order valence-corrected chi connectivity index (χ0v) is 19.8.